The Morgan fingerprint density at radius 2 is 2.00 bits per heavy atom. The summed E-state index contributed by atoms with van der Waals surface area (Å²) in [7, 11) is 1.82. The summed E-state index contributed by atoms with van der Waals surface area (Å²) in [4.78, 5) is 27.2. The van der Waals surface area contributed by atoms with Crippen molar-refractivity contribution in [2.45, 2.75) is 39.0 Å². The summed E-state index contributed by atoms with van der Waals surface area (Å²) in [6.45, 7) is 5.38. The van der Waals surface area contributed by atoms with E-state index in [1.54, 1.807) is 27.9 Å². The summed E-state index contributed by atoms with van der Waals surface area (Å²) < 4.78 is 3.57. The van der Waals surface area contributed by atoms with E-state index in [2.05, 4.69) is 20.1 Å². The molecule has 0 saturated heterocycles. The van der Waals surface area contributed by atoms with E-state index in [9.17, 15) is 9.90 Å². The molecular weight excluding hydrogens is 372 g/mol. The minimum atomic E-state index is -0.924. The van der Waals surface area contributed by atoms with Gasteiger partial charge in [0.2, 0.25) is 5.95 Å². The number of fused-ring (bicyclic) bond motifs is 1. The highest BCUT2D eigenvalue weighted by Crippen LogP contribution is 2.23. The Morgan fingerprint density at radius 1 is 1.21 bits per heavy atom. The number of nitrogens with zero attached hydrogens (tertiary/aromatic N) is 7. The van der Waals surface area contributed by atoms with Gasteiger partial charge in [-0.15, -0.1) is 0 Å². The molecule has 3 aromatic rings. The Balaban J connectivity index is 1.55. The summed E-state index contributed by atoms with van der Waals surface area (Å²) in [5, 5.41) is 15.1. The summed E-state index contributed by atoms with van der Waals surface area (Å²) in [5.74, 6) is 0.567. The topological polar surface area (TPSA) is 128 Å². The average molecular weight is 396 g/mol. The summed E-state index contributed by atoms with van der Waals surface area (Å²) in [5.41, 5.74) is 8.18. The Morgan fingerprint density at radius 3 is 2.69 bits per heavy atom. The van der Waals surface area contributed by atoms with Crippen molar-refractivity contribution in [3.05, 3.63) is 53.1 Å². The largest absolute Gasteiger partial charge is 0.379 e. The van der Waals surface area contributed by atoms with Crippen LogP contribution in [-0.2, 0) is 20.1 Å². The van der Waals surface area contributed by atoms with Crippen LogP contribution < -0.4 is 5.73 Å². The highest BCUT2D eigenvalue weighted by atomic mass is 16.3. The first-order chi connectivity index (χ1) is 13.8. The van der Waals surface area contributed by atoms with Gasteiger partial charge in [0.15, 0.2) is 6.10 Å². The third-order valence-electron chi connectivity index (χ3n) is 5.06. The van der Waals surface area contributed by atoms with E-state index in [4.69, 9.17) is 5.73 Å². The number of carbonyl (C=O) groups excluding carboxylic acids is 1. The van der Waals surface area contributed by atoms with Gasteiger partial charge in [-0.2, -0.15) is 5.10 Å². The molecule has 0 radical (unpaired) electrons. The quantitative estimate of drug-likeness (QED) is 0.669. The second-order valence-electron chi connectivity index (χ2n) is 7.50. The highest BCUT2D eigenvalue weighted by molar-refractivity contribution is 5.92. The van der Waals surface area contributed by atoms with Crippen LogP contribution in [0.1, 0.15) is 59.3 Å². The van der Waals surface area contributed by atoms with Crippen LogP contribution in [0.2, 0.25) is 0 Å². The van der Waals surface area contributed by atoms with Crippen LogP contribution in [0.5, 0.6) is 0 Å². The number of nitrogen functional groups attached to an aromatic ring is 1. The van der Waals surface area contributed by atoms with Crippen molar-refractivity contribution < 1.29 is 9.90 Å². The maximum absolute atomic E-state index is 13.0. The van der Waals surface area contributed by atoms with Crippen LogP contribution in [-0.4, -0.2) is 51.8 Å². The molecule has 0 spiro atoms. The molecule has 3 aromatic heterocycles. The highest BCUT2D eigenvalue weighted by Gasteiger charge is 2.27. The zero-order chi connectivity index (χ0) is 20.7. The number of imidazole rings is 1. The van der Waals surface area contributed by atoms with Crippen LogP contribution >= 0.6 is 0 Å². The summed E-state index contributed by atoms with van der Waals surface area (Å²) >= 11 is 0. The van der Waals surface area contributed by atoms with Crippen LogP contribution in [0, 0.1) is 0 Å². The van der Waals surface area contributed by atoms with E-state index in [0.29, 0.717) is 36.8 Å². The van der Waals surface area contributed by atoms with Crippen molar-refractivity contribution >= 4 is 11.9 Å². The molecule has 0 bridgehead atoms. The van der Waals surface area contributed by atoms with Gasteiger partial charge in [0.1, 0.15) is 11.5 Å². The number of aromatic nitrogens is 6. The van der Waals surface area contributed by atoms with Gasteiger partial charge in [0.25, 0.3) is 5.91 Å². The minimum absolute atomic E-state index is 0.0991. The summed E-state index contributed by atoms with van der Waals surface area (Å²) in [6.07, 6.45) is 2.48. The van der Waals surface area contributed by atoms with Gasteiger partial charge in [0, 0.05) is 31.7 Å². The third-order valence-corrected chi connectivity index (χ3v) is 5.06. The van der Waals surface area contributed by atoms with Crippen LogP contribution in [0.4, 0.5) is 5.95 Å². The number of aryl methyl sites for hydroxylation is 1. The zero-order valence-electron chi connectivity index (χ0n) is 16.6. The smallest absolute Gasteiger partial charge is 0.273 e. The molecule has 1 atom stereocenters. The number of nitrogens with two attached hydrogens (primary N) is 1. The lowest BCUT2D eigenvalue weighted by atomic mass is 10.1. The lowest BCUT2D eigenvalue weighted by molar-refractivity contribution is 0.0699. The first kappa shape index (κ1) is 19.1. The van der Waals surface area contributed by atoms with Crippen molar-refractivity contribution in [3.63, 3.8) is 0 Å². The second-order valence-corrected chi connectivity index (χ2v) is 7.50. The fourth-order valence-corrected chi connectivity index (χ4v) is 3.42. The minimum Gasteiger partial charge on any atom is -0.379 e. The van der Waals surface area contributed by atoms with Gasteiger partial charge >= 0.3 is 0 Å². The lowest BCUT2D eigenvalue weighted by Crippen LogP contribution is -2.39. The van der Waals surface area contributed by atoms with E-state index < -0.39 is 6.10 Å². The molecule has 1 amide bonds. The van der Waals surface area contributed by atoms with Crippen molar-refractivity contribution in [3.8, 4) is 0 Å². The Kier molecular flexibility index (Phi) is 4.79. The van der Waals surface area contributed by atoms with E-state index in [1.807, 2.05) is 31.6 Å². The van der Waals surface area contributed by atoms with E-state index in [0.717, 1.165) is 11.4 Å². The van der Waals surface area contributed by atoms with Crippen molar-refractivity contribution in [2.24, 2.45) is 7.05 Å². The fourth-order valence-electron chi connectivity index (χ4n) is 3.42. The second kappa shape index (κ2) is 7.28. The third kappa shape index (κ3) is 3.58. The normalized spacial score (nSPS) is 14.9. The molecule has 29 heavy (non-hydrogen) atoms. The molecule has 4 rings (SSSR count). The van der Waals surface area contributed by atoms with Gasteiger partial charge in [0.05, 0.1) is 24.5 Å². The molecule has 0 aromatic carbocycles. The van der Waals surface area contributed by atoms with E-state index >= 15 is 0 Å². The van der Waals surface area contributed by atoms with Gasteiger partial charge in [-0.1, -0.05) is 13.8 Å². The number of carbonyl (C=O) groups is 1. The monoisotopic (exact) mass is 396 g/mol. The first-order valence-electron chi connectivity index (χ1n) is 9.49. The number of rotatable bonds is 4. The predicted octanol–water partition coefficient (Wildman–Crippen LogP) is 0.850. The first-order valence-corrected chi connectivity index (χ1v) is 9.49. The maximum Gasteiger partial charge on any atom is 0.273 e. The Hall–Kier alpha value is -3.27. The van der Waals surface area contributed by atoms with Crippen molar-refractivity contribution in [2.75, 3.05) is 12.3 Å². The lowest BCUT2D eigenvalue weighted by Gasteiger charge is -2.27. The van der Waals surface area contributed by atoms with Gasteiger partial charge < -0.3 is 20.3 Å². The number of hydrogen-bond acceptors (Lipinski definition) is 7. The molecule has 4 heterocycles. The number of aliphatic hydroxyl groups excluding tert-OH is 1. The molecule has 10 heteroatoms. The number of hydrogen-bond donors (Lipinski definition) is 2. The van der Waals surface area contributed by atoms with Crippen LogP contribution in [0.15, 0.2) is 24.5 Å². The molecule has 0 fully saturated rings. The van der Waals surface area contributed by atoms with Crippen molar-refractivity contribution in [1.82, 2.24) is 34.2 Å². The van der Waals surface area contributed by atoms with Gasteiger partial charge in [-0.05, 0) is 18.1 Å². The van der Waals surface area contributed by atoms with Gasteiger partial charge in [-0.3, -0.25) is 9.48 Å². The number of amides is 1. The molecule has 152 valence electrons. The molecule has 1 aliphatic heterocycles. The Labute approximate surface area is 168 Å². The summed E-state index contributed by atoms with van der Waals surface area (Å²) in [6, 6.07) is 3.51. The maximum atomic E-state index is 13.0. The predicted molar refractivity (Wildman–Crippen MR) is 105 cm³/mol. The molecule has 0 aliphatic carbocycles. The standard InChI is InChI=1S/C19H24N8O2/c1-11(2)13-9-15(23-19(20)22-13)18(29)26-6-7-27-12(10-26)8-14(24-27)16(28)17-21-4-5-25(17)3/h4-5,8-9,11,16,28H,6-7,10H2,1-3H3,(H2,20,22,23)/t16-/m0/s1. The van der Waals surface area contributed by atoms with E-state index in [-0.39, 0.29) is 17.8 Å². The number of anilines is 1. The SMILES string of the molecule is CC(C)c1cc(C(=O)N2CCn3nc([C@H](O)c4nccn4C)cc3C2)nc(N)n1. The zero-order valence-corrected chi connectivity index (χ0v) is 16.6. The molecule has 10 nitrogen and oxygen atoms in total. The molecular formula is C19H24N8O2. The molecule has 3 N–H and O–H groups in total. The Bertz CT molecular complexity index is 1050. The molecule has 0 saturated carbocycles. The van der Waals surface area contributed by atoms with Crippen LogP contribution in [0.25, 0.3) is 0 Å². The number of aliphatic hydroxyl groups is 1. The average Bonchev–Trinajstić information content (AvgIpc) is 3.31. The van der Waals surface area contributed by atoms with Crippen LogP contribution in [0.3, 0.4) is 0 Å². The van der Waals surface area contributed by atoms with Gasteiger partial charge in [-0.25, -0.2) is 15.0 Å². The van der Waals surface area contributed by atoms with Crippen molar-refractivity contribution in [1.29, 1.82) is 0 Å². The van der Waals surface area contributed by atoms with E-state index in [1.165, 1.54) is 0 Å². The molecule has 0 unspecified atom stereocenters. The fraction of sp³-hybridized carbons (Fsp3) is 0.421. The molecule has 1 aliphatic rings.